The van der Waals surface area contributed by atoms with E-state index in [-0.39, 0.29) is 18.6 Å². The number of aromatic nitrogens is 2. The van der Waals surface area contributed by atoms with E-state index in [0.29, 0.717) is 36.2 Å². The van der Waals surface area contributed by atoms with Crippen LogP contribution < -0.4 is 20.9 Å². The second-order valence-electron chi connectivity index (χ2n) is 7.12. The topological polar surface area (TPSA) is 108 Å². The summed E-state index contributed by atoms with van der Waals surface area (Å²) in [6, 6.07) is 3.60. The maximum atomic E-state index is 12.4. The summed E-state index contributed by atoms with van der Waals surface area (Å²) in [7, 11) is 1.53. The van der Waals surface area contributed by atoms with Crippen molar-refractivity contribution in [3.63, 3.8) is 0 Å². The molecule has 8 nitrogen and oxygen atoms in total. The Morgan fingerprint density at radius 1 is 1.27 bits per heavy atom. The van der Waals surface area contributed by atoms with Gasteiger partial charge in [0.05, 0.1) is 30.9 Å². The molecule has 1 aromatic heterocycles. The molecular formula is C18H23N3O5. The van der Waals surface area contributed by atoms with Gasteiger partial charge in [-0.1, -0.05) is 0 Å². The van der Waals surface area contributed by atoms with E-state index in [1.54, 1.807) is 10.6 Å². The highest BCUT2D eigenvalue weighted by Gasteiger charge is 2.32. The maximum absolute atomic E-state index is 12.4. The van der Waals surface area contributed by atoms with Gasteiger partial charge in [0, 0.05) is 25.0 Å². The van der Waals surface area contributed by atoms with Crippen LogP contribution in [-0.2, 0) is 0 Å². The number of fused-ring (bicyclic) bond motifs is 1. The van der Waals surface area contributed by atoms with E-state index >= 15 is 0 Å². The molecular weight excluding hydrogens is 338 g/mol. The first-order chi connectivity index (χ1) is 12.5. The van der Waals surface area contributed by atoms with E-state index in [2.05, 4.69) is 4.98 Å². The number of ether oxygens (including phenoxy) is 1. The average molecular weight is 361 g/mol. The molecule has 2 aliphatic rings. The molecule has 1 aliphatic carbocycles. The van der Waals surface area contributed by atoms with E-state index in [1.807, 2.05) is 11.0 Å². The van der Waals surface area contributed by atoms with Gasteiger partial charge in [-0.05, 0) is 31.4 Å². The zero-order valence-electron chi connectivity index (χ0n) is 14.6. The third kappa shape index (κ3) is 2.69. The molecule has 4 rings (SSSR count). The Balaban J connectivity index is 1.90. The van der Waals surface area contributed by atoms with Gasteiger partial charge in [-0.2, -0.15) is 0 Å². The SMILES string of the molecule is COc1c(N2CCC(O)C(CO)C2)ccc2c(=O)[nH]c(=O)n(C3CC3)c12. The minimum atomic E-state index is -0.532. The number of anilines is 1. The van der Waals surface area contributed by atoms with Crippen molar-refractivity contribution < 1.29 is 14.9 Å². The van der Waals surface area contributed by atoms with Crippen molar-refractivity contribution in [2.75, 3.05) is 31.7 Å². The minimum Gasteiger partial charge on any atom is -0.492 e. The fourth-order valence-electron chi connectivity index (χ4n) is 3.86. The summed E-state index contributed by atoms with van der Waals surface area (Å²) < 4.78 is 7.28. The lowest BCUT2D eigenvalue weighted by Gasteiger charge is -2.37. The van der Waals surface area contributed by atoms with Crippen molar-refractivity contribution in [1.82, 2.24) is 9.55 Å². The molecule has 2 heterocycles. The molecule has 0 radical (unpaired) electrons. The molecule has 1 aromatic carbocycles. The summed E-state index contributed by atoms with van der Waals surface area (Å²) in [4.78, 5) is 29.1. The number of aliphatic hydroxyl groups is 2. The number of aromatic amines is 1. The van der Waals surface area contributed by atoms with Crippen LogP contribution in [0, 0.1) is 5.92 Å². The molecule has 1 saturated heterocycles. The number of hydrogen-bond donors (Lipinski definition) is 3. The highest BCUT2D eigenvalue weighted by molar-refractivity contribution is 5.90. The zero-order valence-corrected chi connectivity index (χ0v) is 14.6. The number of rotatable bonds is 4. The van der Waals surface area contributed by atoms with Gasteiger partial charge in [-0.25, -0.2) is 4.79 Å². The molecule has 2 atom stereocenters. The van der Waals surface area contributed by atoms with E-state index in [1.165, 1.54) is 7.11 Å². The average Bonchev–Trinajstić information content (AvgIpc) is 3.46. The summed E-state index contributed by atoms with van der Waals surface area (Å²) in [5.74, 6) is 0.250. The van der Waals surface area contributed by atoms with Gasteiger partial charge in [0.15, 0.2) is 5.75 Å². The summed E-state index contributed by atoms with van der Waals surface area (Å²) in [6.45, 7) is 0.993. The first-order valence-electron chi connectivity index (χ1n) is 8.94. The Hall–Kier alpha value is -2.32. The molecule has 1 aliphatic heterocycles. The molecule has 3 N–H and O–H groups in total. The predicted molar refractivity (Wildman–Crippen MR) is 97.1 cm³/mol. The lowest BCUT2D eigenvalue weighted by Crippen LogP contribution is -2.45. The Bertz CT molecular complexity index is 946. The largest absolute Gasteiger partial charge is 0.492 e. The van der Waals surface area contributed by atoms with E-state index in [0.717, 1.165) is 18.5 Å². The minimum absolute atomic E-state index is 0.0827. The van der Waals surface area contributed by atoms with Crippen LogP contribution in [0.5, 0.6) is 5.75 Å². The number of hydrogen-bond acceptors (Lipinski definition) is 6. The monoisotopic (exact) mass is 361 g/mol. The van der Waals surface area contributed by atoms with Crippen molar-refractivity contribution in [2.45, 2.75) is 31.4 Å². The van der Waals surface area contributed by atoms with Crippen LogP contribution in [0.3, 0.4) is 0 Å². The van der Waals surface area contributed by atoms with Crippen molar-refractivity contribution in [3.05, 3.63) is 33.0 Å². The quantitative estimate of drug-likeness (QED) is 0.719. The van der Waals surface area contributed by atoms with Gasteiger partial charge in [-0.3, -0.25) is 14.3 Å². The van der Waals surface area contributed by atoms with Crippen LogP contribution in [0.25, 0.3) is 10.9 Å². The second-order valence-corrected chi connectivity index (χ2v) is 7.12. The standard InChI is InChI=1S/C18H23N3O5/c1-26-16-13(20-7-6-14(23)10(8-20)9-22)5-4-12-15(16)21(11-2-3-11)18(25)19-17(12)24/h4-5,10-11,14,22-23H,2-3,6-9H2,1H3,(H,19,24,25). The molecule has 2 aromatic rings. The van der Waals surface area contributed by atoms with Gasteiger partial charge in [0.2, 0.25) is 0 Å². The number of benzene rings is 1. The molecule has 2 fully saturated rings. The summed E-state index contributed by atoms with van der Waals surface area (Å²) in [5.41, 5.74) is 0.453. The molecule has 0 bridgehead atoms. The van der Waals surface area contributed by atoms with Crippen LogP contribution in [0.15, 0.2) is 21.7 Å². The number of aliphatic hydroxyl groups excluding tert-OH is 2. The maximum Gasteiger partial charge on any atom is 0.329 e. The molecule has 8 heteroatoms. The number of piperidine rings is 1. The number of methoxy groups -OCH3 is 1. The summed E-state index contributed by atoms with van der Waals surface area (Å²) in [5, 5.41) is 20.0. The smallest absolute Gasteiger partial charge is 0.329 e. The van der Waals surface area contributed by atoms with E-state index in [9.17, 15) is 19.8 Å². The Morgan fingerprint density at radius 3 is 2.69 bits per heavy atom. The van der Waals surface area contributed by atoms with Gasteiger partial charge < -0.3 is 19.8 Å². The van der Waals surface area contributed by atoms with E-state index in [4.69, 9.17) is 4.74 Å². The summed E-state index contributed by atoms with van der Waals surface area (Å²) in [6.07, 6.45) is 1.81. The van der Waals surface area contributed by atoms with Gasteiger partial charge in [-0.15, -0.1) is 0 Å². The Kier molecular flexibility index (Phi) is 4.24. The lowest BCUT2D eigenvalue weighted by molar-refractivity contribution is 0.0524. The highest BCUT2D eigenvalue weighted by Crippen LogP contribution is 2.41. The molecule has 0 spiro atoms. The van der Waals surface area contributed by atoms with Crippen LogP contribution in [0.2, 0.25) is 0 Å². The van der Waals surface area contributed by atoms with Crippen LogP contribution in [0.1, 0.15) is 25.3 Å². The first kappa shape index (κ1) is 17.1. The van der Waals surface area contributed by atoms with Crippen molar-refractivity contribution in [3.8, 4) is 5.75 Å². The lowest BCUT2D eigenvalue weighted by atomic mass is 9.95. The highest BCUT2D eigenvalue weighted by atomic mass is 16.5. The van der Waals surface area contributed by atoms with Crippen molar-refractivity contribution in [2.24, 2.45) is 5.92 Å². The molecule has 26 heavy (non-hydrogen) atoms. The predicted octanol–water partition coefficient (Wildman–Crippen LogP) is 0.213. The normalized spacial score (nSPS) is 23.4. The molecule has 140 valence electrons. The number of nitrogens with zero attached hydrogens (tertiary/aromatic N) is 2. The summed E-state index contributed by atoms with van der Waals surface area (Å²) >= 11 is 0. The Morgan fingerprint density at radius 2 is 2.04 bits per heavy atom. The number of H-pyrrole nitrogens is 1. The van der Waals surface area contributed by atoms with Gasteiger partial charge in [0.1, 0.15) is 5.52 Å². The fraction of sp³-hybridized carbons (Fsp3) is 0.556. The molecule has 2 unspecified atom stereocenters. The van der Waals surface area contributed by atoms with Gasteiger partial charge in [0.25, 0.3) is 5.56 Å². The number of nitrogens with one attached hydrogen (secondary N) is 1. The third-order valence-corrected chi connectivity index (χ3v) is 5.42. The van der Waals surface area contributed by atoms with Crippen LogP contribution in [-0.4, -0.2) is 52.7 Å². The zero-order chi connectivity index (χ0) is 18.4. The van der Waals surface area contributed by atoms with Gasteiger partial charge >= 0.3 is 5.69 Å². The first-order valence-corrected chi connectivity index (χ1v) is 8.94. The van der Waals surface area contributed by atoms with Crippen molar-refractivity contribution >= 4 is 16.6 Å². The van der Waals surface area contributed by atoms with Crippen molar-refractivity contribution in [1.29, 1.82) is 0 Å². The van der Waals surface area contributed by atoms with Crippen LogP contribution >= 0.6 is 0 Å². The third-order valence-electron chi connectivity index (χ3n) is 5.42. The Labute approximate surface area is 149 Å². The molecule has 1 saturated carbocycles. The second kappa shape index (κ2) is 6.44. The van der Waals surface area contributed by atoms with Crippen LogP contribution in [0.4, 0.5) is 5.69 Å². The molecule has 0 amide bonds. The fourth-order valence-corrected chi connectivity index (χ4v) is 3.86. The van der Waals surface area contributed by atoms with E-state index < -0.39 is 17.4 Å².